The molecule has 1 N–H and O–H groups in total. The van der Waals surface area contributed by atoms with E-state index in [-0.39, 0.29) is 0 Å². The topological polar surface area (TPSA) is 58.4 Å². The molecule has 0 bridgehead atoms. The number of rotatable bonds is 4. The third-order valence-corrected chi connectivity index (χ3v) is 4.01. The highest BCUT2D eigenvalue weighted by atomic mass is 16.4. The van der Waals surface area contributed by atoms with Gasteiger partial charge in [-0.05, 0) is 42.5 Å². The Morgan fingerprint density at radius 3 is 3.00 bits per heavy atom. The van der Waals surface area contributed by atoms with Gasteiger partial charge in [-0.15, -0.1) is 0 Å². The fourth-order valence-electron chi connectivity index (χ4n) is 3.00. The van der Waals surface area contributed by atoms with Gasteiger partial charge >= 0.3 is 5.97 Å². The highest BCUT2D eigenvalue weighted by Gasteiger charge is 2.21. The molecule has 0 atom stereocenters. The monoisotopic (exact) mass is 285 g/mol. The average molecular weight is 285 g/mol. The Hall–Kier alpha value is -2.30. The highest BCUT2D eigenvalue weighted by molar-refractivity contribution is 5.91. The van der Waals surface area contributed by atoms with Crippen LogP contribution in [-0.4, -0.2) is 33.9 Å². The fraction of sp³-hybridized carbons (Fsp3) is 0.375. The molecule has 1 aromatic heterocycles. The number of carbonyl (C=O) groups is 1. The summed E-state index contributed by atoms with van der Waals surface area (Å²) in [6.45, 7) is 1.87. The summed E-state index contributed by atoms with van der Waals surface area (Å²) in [5.41, 5.74) is 3.70. The molecule has 1 aromatic carbocycles. The molecule has 0 radical (unpaired) electrons. The Morgan fingerprint density at radius 2 is 2.29 bits per heavy atom. The van der Waals surface area contributed by atoms with E-state index in [1.54, 1.807) is 6.07 Å². The van der Waals surface area contributed by atoms with Crippen molar-refractivity contribution in [2.24, 2.45) is 7.05 Å². The quantitative estimate of drug-likeness (QED) is 0.934. The van der Waals surface area contributed by atoms with E-state index in [0.29, 0.717) is 5.56 Å². The second-order valence-electron chi connectivity index (χ2n) is 5.47. The molecule has 0 fully saturated rings. The Bertz CT molecular complexity index is 663. The van der Waals surface area contributed by atoms with E-state index in [1.165, 1.54) is 5.56 Å². The second kappa shape index (κ2) is 5.60. The molecule has 5 heteroatoms. The standard InChI is InChI=1S/C16H19N3O2/c1-18-11-12(10-17-18)7-9-19-8-3-5-13-14(16(20)21)4-2-6-15(13)19/h2,4,6,10-11H,3,5,7-9H2,1H3,(H,20,21). The minimum atomic E-state index is -0.832. The summed E-state index contributed by atoms with van der Waals surface area (Å²) in [7, 11) is 1.92. The SMILES string of the molecule is Cn1cc(CCN2CCCc3c(C(=O)O)cccc32)cn1. The van der Waals surface area contributed by atoms with Crippen molar-refractivity contribution in [2.75, 3.05) is 18.0 Å². The molecule has 0 amide bonds. The van der Waals surface area contributed by atoms with Crippen LogP contribution in [0.3, 0.4) is 0 Å². The van der Waals surface area contributed by atoms with Gasteiger partial charge < -0.3 is 10.0 Å². The third-order valence-electron chi connectivity index (χ3n) is 4.01. The molecule has 0 saturated carbocycles. The van der Waals surface area contributed by atoms with Gasteiger partial charge in [0.05, 0.1) is 11.8 Å². The van der Waals surface area contributed by atoms with E-state index in [4.69, 9.17) is 0 Å². The van der Waals surface area contributed by atoms with Gasteiger partial charge in [-0.2, -0.15) is 5.10 Å². The second-order valence-corrected chi connectivity index (χ2v) is 5.47. The number of benzene rings is 1. The predicted molar refractivity (Wildman–Crippen MR) is 80.8 cm³/mol. The smallest absolute Gasteiger partial charge is 0.336 e. The lowest BCUT2D eigenvalue weighted by atomic mass is 9.96. The molecule has 21 heavy (non-hydrogen) atoms. The minimum absolute atomic E-state index is 0.443. The number of anilines is 1. The first-order chi connectivity index (χ1) is 10.1. The van der Waals surface area contributed by atoms with Crippen molar-refractivity contribution >= 4 is 11.7 Å². The average Bonchev–Trinajstić information content (AvgIpc) is 2.90. The van der Waals surface area contributed by atoms with Crippen LogP contribution in [0.2, 0.25) is 0 Å². The lowest BCUT2D eigenvalue weighted by Gasteiger charge is -2.32. The molecule has 110 valence electrons. The van der Waals surface area contributed by atoms with Gasteiger partial charge in [-0.25, -0.2) is 4.79 Å². The van der Waals surface area contributed by atoms with Crippen molar-refractivity contribution in [3.63, 3.8) is 0 Å². The summed E-state index contributed by atoms with van der Waals surface area (Å²) in [5.74, 6) is -0.832. The number of carboxylic acids is 1. The largest absolute Gasteiger partial charge is 0.478 e. The van der Waals surface area contributed by atoms with E-state index < -0.39 is 5.97 Å². The van der Waals surface area contributed by atoms with Crippen LogP contribution in [0.5, 0.6) is 0 Å². The van der Waals surface area contributed by atoms with E-state index in [0.717, 1.165) is 43.6 Å². The zero-order valence-electron chi connectivity index (χ0n) is 12.1. The van der Waals surface area contributed by atoms with Crippen LogP contribution in [0.15, 0.2) is 30.6 Å². The first-order valence-electron chi connectivity index (χ1n) is 7.23. The molecule has 0 aliphatic carbocycles. The van der Waals surface area contributed by atoms with E-state index in [2.05, 4.69) is 10.00 Å². The molecule has 1 aliphatic heterocycles. The van der Waals surface area contributed by atoms with Crippen LogP contribution in [-0.2, 0) is 19.9 Å². The summed E-state index contributed by atoms with van der Waals surface area (Å²) in [6.07, 6.45) is 6.69. The number of hydrogen-bond acceptors (Lipinski definition) is 3. The summed E-state index contributed by atoms with van der Waals surface area (Å²) < 4.78 is 1.81. The van der Waals surface area contributed by atoms with Crippen LogP contribution in [0, 0.1) is 0 Å². The number of carboxylic acid groups (broad SMARTS) is 1. The summed E-state index contributed by atoms with van der Waals surface area (Å²) in [4.78, 5) is 13.6. The number of aryl methyl sites for hydroxylation is 1. The van der Waals surface area contributed by atoms with Crippen molar-refractivity contribution in [1.82, 2.24) is 9.78 Å². The molecular formula is C16H19N3O2. The molecule has 3 rings (SSSR count). The van der Waals surface area contributed by atoms with Crippen molar-refractivity contribution < 1.29 is 9.90 Å². The molecule has 0 spiro atoms. The maximum atomic E-state index is 11.3. The summed E-state index contributed by atoms with van der Waals surface area (Å²) >= 11 is 0. The van der Waals surface area contributed by atoms with E-state index >= 15 is 0 Å². The maximum Gasteiger partial charge on any atom is 0.336 e. The normalized spacial score (nSPS) is 14.0. The Balaban J connectivity index is 1.80. The van der Waals surface area contributed by atoms with E-state index in [1.807, 2.05) is 36.3 Å². The number of aromatic carboxylic acids is 1. The van der Waals surface area contributed by atoms with Gasteiger partial charge in [0.25, 0.3) is 0 Å². The van der Waals surface area contributed by atoms with Crippen molar-refractivity contribution in [3.05, 3.63) is 47.3 Å². The zero-order valence-corrected chi connectivity index (χ0v) is 12.1. The number of nitrogens with zero attached hydrogens (tertiary/aromatic N) is 3. The number of fused-ring (bicyclic) bond motifs is 1. The molecule has 1 aliphatic rings. The van der Waals surface area contributed by atoms with Crippen LogP contribution in [0.1, 0.15) is 27.9 Å². The third kappa shape index (κ3) is 2.77. The van der Waals surface area contributed by atoms with Gasteiger partial charge in [0.2, 0.25) is 0 Å². The first kappa shape index (κ1) is 13.7. The van der Waals surface area contributed by atoms with Crippen LogP contribution >= 0.6 is 0 Å². The molecular weight excluding hydrogens is 266 g/mol. The van der Waals surface area contributed by atoms with Crippen molar-refractivity contribution in [2.45, 2.75) is 19.3 Å². The predicted octanol–water partition coefficient (Wildman–Crippen LogP) is 2.11. The van der Waals surface area contributed by atoms with Gasteiger partial charge in [-0.3, -0.25) is 4.68 Å². The van der Waals surface area contributed by atoms with Crippen LogP contribution in [0.4, 0.5) is 5.69 Å². The molecule has 2 heterocycles. The molecule has 0 unspecified atom stereocenters. The lowest BCUT2D eigenvalue weighted by Crippen LogP contribution is -2.32. The fourth-order valence-corrected chi connectivity index (χ4v) is 3.00. The van der Waals surface area contributed by atoms with Gasteiger partial charge in [-0.1, -0.05) is 6.07 Å². The number of aromatic nitrogens is 2. The Morgan fingerprint density at radius 1 is 1.43 bits per heavy atom. The van der Waals surface area contributed by atoms with Gasteiger partial charge in [0.15, 0.2) is 0 Å². The maximum absolute atomic E-state index is 11.3. The van der Waals surface area contributed by atoms with Crippen LogP contribution < -0.4 is 4.90 Å². The molecule has 0 saturated heterocycles. The summed E-state index contributed by atoms with van der Waals surface area (Å²) in [5, 5.41) is 13.5. The van der Waals surface area contributed by atoms with Crippen LogP contribution in [0.25, 0.3) is 0 Å². The van der Waals surface area contributed by atoms with Crippen molar-refractivity contribution in [3.8, 4) is 0 Å². The van der Waals surface area contributed by atoms with Crippen molar-refractivity contribution in [1.29, 1.82) is 0 Å². The Labute approximate surface area is 123 Å². The lowest BCUT2D eigenvalue weighted by molar-refractivity contribution is 0.0695. The first-order valence-corrected chi connectivity index (χ1v) is 7.23. The minimum Gasteiger partial charge on any atom is -0.478 e. The van der Waals surface area contributed by atoms with E-state index in [9.17, 15) is 9.90 Å². The zero-order chi connectivity index (χ0) is 14.8. The van der Waals surface area contributed by atoms with Gasteiger partial charge in [0.1, 0.15) is 0 Å². The molecule has 5 nitrogen and oxygen atoms in total. The Kier molecular flexibility index (Phi) is 3.64. The van der Waals surface area contributed by atoms with Gasteiger partial charge in [0, 0.05) is 32.0 Å². The number of hydrogen-bond donors (Lipinski definition) is 1. The molecule has 2 aromatic rings. The summed E-state index contributed by atoms with van der Waals surface area (Å²) in [6, 6.07) is 5.57. The highest BCUT2D eigenvalue weighted by Crippen LogP contribution is 2.30.